The summed E-state index contributed by atoms with van der Waals surface area (Å²) in [5, 5.41) is 0. The zero-order chi connectivity index (χ0) is 8.69. The summed E-state index contributed by atoms with van der Waals surface area (Å²) in [4.78, 5) is 1.10. The van der Waals surface area contributed by atoms with E-state index in [2.05, 4.69) is 6.58 Å². The van der Waals surface area contributed by atoms with Crippen molar-refractivity contribution in [2.45, 2.75) is 6.04 Å². The van der Waals surface area contributed by atoms with Gasteiger partial charge in [-0.1, -0.05) is 18.7 Å². The van der Waals surface area contributed by atoms with E-state index in [9.17, 15) is 0 Å². The summed E-state index contributed by atoms with van der Waals surface area (Å²) >= 11 is 1.63. The van der Waals surface area contributed by atoms with Gasteiger partial charge in [0.05, 0.1) is 12.6 Å². The summed E-state index contributed by atoms with van der Waals surface area (Å²) in [6, 6.07) is -0.0204. The Kier molecular flexibility index (Phi) is 6.31. The molecule has 0 bridgehead atoms. The Bertz CT molecular complexity index is 145. The van der Waals surface area contributed by atoms with Crippen molar-refractivity contribution in [3.63, 3.8) is 0 Å². The van der Waals surface area contributed by atoms with Gasteiger partial charge in [0, 0.05) is 12.0 Å². The van der Waals surface area contributed by atoms with E-state index in [4.69, 9.17) is 10.5 Å². The average Bonchev–Trinajstić information content (AvgIpc) is 2.00. The van der Waals surface area contributed by atoms with Crippen LogP contribution >= 0.6 is 11.8 Å². The van der Waals surface area contributed by atoms with Crippen LogP contribution in [0.1, 0.15) is 0 Å². The molecule has 1 atom stereocenters. The molecule has 3 heteroatoms. The monoisotopic (exact) mass is 173 g/mol. The molecule has 0 aromatic heterocycles. The Morgan fingerprint density at radius 1 is 1.82 bits per heavy atom. The highest BCUT2D eigenvalue weighted by atomic mass is 32.2. The topological polar surface area (TPSA) is 35.2 Å². The normalized spacial score (nSPS) is 14.6. The van der Waals surface area contributed by atoms with E-state index in [0.717, 1.165) is 4.91 Å². The average molecular weight is 173 g/mol. The third-order valence-electron chi connectivity index (χ3n) is 1.23. The molecule has 0 amide bonds. The number of hydrogen-bond donors (Lipinski definition) is 1. The summed E-state index contributed by atoms with van der Waals surface area (Å²) in [5.41, 5.74) is 5.76. The van der Waals surface area contributed by atoms with Crippen LogP contribution in [-0.2, 0) is 4.74 Å². The van der Waals surface area contributed by atoms with Crippen LogP contribution < -0.4 is 5.73 Å². The predicted octanol–water partition coefficient (Wildman–Crippen LogP) is 1.39. The molecule has 0 heterocycles. The van der Waals surface area contributed by atoms with E-state index in [-0.39, 0.29) is 6.04 Å². The summed E-state index contributed by atoms with van der Waals surface area (Å²) in [6.45, 7) is 4.16. The van der Waals surface area contributed by atoms with Gasteiger partial charge in [0.15, 0.2) is 0 Å². The minimum absolute atomic E-state index is 0.0204. The minimum Gasteiger partial charge on any atom is -0.383 e. The maximum atomic E-state index is 5.76. The van der Waals surface area contributed by atoms with Gasteiger partial charge in [-0.2, -0.15) is 0 Å². The molecule has 0 fully saturated rings. The van der Waals surface area contributed by atoms with Gasteiger partial charge in [-0.15, -0.1) is 11.8 Å². The van der Waals surface area contributed by atoms with E-state index < -0.39 is 0 Å². The lowest BCUT2D eigenvalue weighted by atomic mass is 10.3. The fourth-order valence-corrected chi connectivity index (χ4v) is 1.32. The number of ether oxygens (including phenoxy) is 1. The Labute approximate surface area is 72.5 Å². The number of nitrogens with two attached hydrogens (primary N) is 1. The molecule has 0 saturated heterocycles. The molecule has 0 saturated carbocycles. The van der Waals surface area contributed by atoms with Crippen LogP contribution in [0.3, 0.4) is 0 Å². The molecule has 2 N–H and O–H groups in total. The van der Waals surface area contributed by atoms with Crippen molar-refractivity contribution in [2.24, 2.45) is 5.73 Å². The number of methoxy groups -OCH3 is 1. The highest BCUT2D eigenvalue weighted by Gasteiger charge is 2.05. The maximum Gasteiger partial charge on any atom is 0.0660 e. The first-order valence-electron chi connectivity index (χ1n) is 3.37. The summed E-state index contributed by atoms with van der Waals surface area (Å²) in [7, 11) is 1.64. The molecule has 0 radical (unpaired) electrons. The van der Waals surface area contributed by atoms with E-state index in [1.807, 2.05) is 12.3 Å². The molecular weight excluding hydrogens is 158 g/mol. The van der Waals surface area contributed by atoms with Crippen molar-refractivity contribution in [1.29, 1.82) is 0 Å². The van der Waals surface area contributed by atoms with Crippen molar-refractivity contribution in [2.75, 3.05) is 20.0 Å². The van der Waals surface area contributed by atoms with Gasteiger partial charge in [-0.25, -0.2) is 0 Å². The Morgan fingerprint density at radius 2 is 2.45 bits per heavy atom. The molecule has 0 aliphatic carbocycles. The van der Waals surface area contributed by atoms with Gasteiger partial charge in [0.25, 0.3) is 0 Å². The molecule has 2 nitrogen and oxygen atoms in total. The summed E-state index contributed by atoms with van der Waals surface area (Å²) in [6.07, 6.45) is 5.64. The van der Waals surface area contributed by atoms with Crippen LogP contribution in [0.25, 0.3) is 0 Å². The molecule has 64 valence electrons. The van der Waals surface area contributed by atoms with Crippen molar-refractivity contribution >= 4 is 11.8 Å². The third-order valence-corrected chi connectivity index (χ3v) is 2.14. The predicted molar refractivity (Wildman–Crippen MR) is 51.6 cm³/mol. The zero-order valence-electron chi connectivity index (χ0n) is 7.04. The van der Waals surface area contributed by atoms with Gasteiger partial charge in [-0.3, -0.25) is 0 Å². The lowest BCUT2D eigenvalue weighted by Gasteiger charge is -2.11. The van der Waals surface area contributed by atoms with Gasteiger partial charge in [0.1, 0.15) is 0 Å². The molecule has 0 aliphatic heterocycles. The Hall–Kier alpha value is -0.250. The lowest BCUT2D eigenvalue weighted by molar-refractivity contribution is 0.191. The lowest BCUT2D eigenvalue weighted by Crippen LogP contribution is -2.26. The van der Waals surface area contributed by atoms with Crippen LogP contribution in [0.5, 0.6) is 0 Å². The van der Waals surface area contributed by atoms with Crippen molar-refractivity contribution in [3.05, 3.63) is 23.6 Å². The van der Waals surface area contributed by atoms with Gasteiger partial charge in [0.2, 0.25) is 0 Å². The smallest absolute Gasteiger partial charge is 0.0660 e. The molecule has 0 aromatic carbocycles. The number of thioether (sulfide) groups is 1. The molecular formula is C8H15NOS. The summed E-state index contributed by atoms with van der Waals surface area (Å²) < 4.78 is 4.92. The van der Waals surface area contributed by atoms with Crippen molar-refractivity contribution in [3.8, 4) is 0 Å². The largest absolute Gasteiger partial charge is 0.383 e. The number of hydrogen-bond acceptors (Lipinski definition) is 3. The molecule has 0 spiro atoms. The second-order valence-electron chi connectivity index (χ2n) is 2.07. The van der Waals surface area contributed by atoms with Crippen LogP contribution in [0.15, 0.2) is 23.6 Å². The van der Waals surface area contributed by atoms with Gasteiger partial charge < -0.3 is 10.5 Å². The van der Waals surface area contributed by atoms with Crippen LogP contribution in [-0.4, -0.2) is 26.0 Å². The standard InChI is InChI=1S/C8H15NOS/c1-4-5-8(11-3)7(9)6-10-2/h4-5,7H,1,6,9H2,2-3H3/b8-5-. The Morgan fingerprint density at radius 3 is 2.82 bits per heavy atom. The quantitative estimate of drug-likeness (QED) is 0.638. The Balaban J connectivity index is 4.01. The number of allylic oxidation sites excluding steroid dienone is 2. The van der Waals surface area contributed by atoms with Crippen LogP contribution in [0.2, 0.25) is 0 Å². The molecule has 0 rings (SSSR count). The van der Waals surface area contributed by atoms with Gasteiger partial charge in [-0.05, 0) is 6.26 Å². The van der Waals surface area contributed by atoms with E-state index in [0.29, 0.717) is 6.61 Å². The van der Waals surface area contributed by atoms with Crippen LogP contribution in [0.4, 0.5) is 0 Å². The minimum atomic E-state index is -0.0204. The van der Waals surface area contributed by atoms with E-state index in [1.165, 1.54) is 0 Å². The van der Waals surface area contributed by atoms with Crippen LogP contribution in [0, 0.1) is 0 Å². The summed E-state index contributed by atoms with van der Waals surface area (Å²) in [5.74, 6) is 0. The van der Waals surface area contributed by atoms with Gasteiger partial charge >= 0.3 is 0 Å². The first-order valence-corrected chi connectivity index (χ1v) is 4.59. The fourth-order valence-electron chi connectivity index (χ4n) is 0.721. The molecule has 0 aliphatic rings. The van der Waals surface area contributed by atoms with Crippen molar-refractivity contribution in [1.82, 2.24) is 0 Å². The van der Waals surface area contributed by atoms with Crippen molar-refractivity contribution < 1.29 is 4.74 Å². The number of rotatable bonds is 5. The SMILES string of the molecule is C=C/C=C(\SC)C(N)COC. The molecule has 0 aromatic rings. The third kappa shape index (κ3) is 4.24. The molecule has 11 heavy (non-hydrogen) atoms. The second kappa shape index (κ2) is 6.46. The highest BCUT2D eigenvalue weighted by Crippen LogP contribution is 2.14. The van der Waals surface area contributed by atoms with E-state index in [1.54, 1.807) is 24.9 Å². The fraction of sp³-hybridized carbons (Fsp3) is 0.500. The molecule has 1 unspecified atom stereocenters. The second-order valence-corrected chi connectivity index (χ2v) is 2.95. The van der Waals surface area contributed by atoms with E-state index >= 15 is 0 Å². The maximum absolute atomic E-state index is 5.76. The zero-order valence-corrected chi connectivity index (χ0v) is 7.86. The first-order chi connectivity index (χ1) is 5.26. The first kappa shape index (κ1) is 10.8. The highest BCUT2D eigenvalue weighted by molar-refractivity contribution is 8.02.